The number of rotatable bonds is 6. The summed E-state index contributed by atoms with van der Waals surface area (Å²) in [6.45, 7) is 1.48. The maximum absolute atomic E-state index is 8.94. The van der Waals surface area contributed by atoms with Crippen molar-refractivity contribution in [2.75, 3.05) is 6.61 Å². The zero-order valence-corrected chi connectivity index (χ0v) is 9.94. The van der Waals surface area contributed by atoms with Crippen LogP contribution in [0, 0.1) is 0 Å². The Morgan fingerprint density at radius 2 is 2.00 bits per heavy atom. The number of hydrogen-bond donors (Lipinski definition) is 2. The fraction of sp³-hybridized carbons (Fsp3) is 0.250. The highest BCUT2D eigenvalue weighted by Crippen LogP contribution is 2.08. The van der Waals surface area contributed by atoms with Gasteiger partial charge in [-0.2, -0.15) is 0 Å². The number of hydrogen-bond acceptors (Lipinski definition) is 4. The minimum absolute atomic E-state index is 0.459. The molecule has 0 amide bonds. The van der Waals surface area contributed by atoms with Crippen LogP contribution >= 0.6 is 0 Å². The normalized spacial score (nSPS) is 10.3. The second-order valence-electron chi connectivity index (χ2n) is 3.95. The third kappa shape index (κ3) is 3.61. The van der Waals surface area contributed by atoms with Crippen LogP contribution in [0.2, 0.25) is 0 Å². The lowest BCUT2D eigenvalue weighted by Gasteiger charge is -2.07. The van der Waals surface area contributed by atoms with Gasteiger partial charge in [0.2, 0.25) is 0 Å². The van der Waals surface area contributed by atoms with Gasteiger partial charge < -0.3 is 19.4 Å². The average Bonchev–Trinajstić information content (AvgIpc) is 2.88. The lowest BCUT2D eigenvalue weighted by molar-refractivity contribution is 0.302. The second-order valence-corrected chi connectivity index (χ2v) is 3.95. The van der Waals surface area contributed by atoms with Gasteiger partial charge >= 0.3 is 7.12 Å². The molecule has 2 aromatic rings. The molecule has 2 N–H and O–H groups in total. The van der Waals surface area contributed by atoms with Crippen molar-refractivity contribution in [2.45, 2.75) is 13.0 Å². The largest absolute Gasteiger partial charge is 0.494 e. The Bertz CT molecular complexity index is 457. The molecule has 0 aliphatic rings. The van der Waals surface area contributed by atoms with E-state index >= 15 is 0 Å². The van der Waals surface area contributed by atoms with Crippen LogP contribution in [0.25, 0.3) is 0 Å². The van der Waals surface area contributed by atoms with Crippen LogP contribution in [0.5, 0.6) is 5.75 Å². The van der Waals surface area contributed by atoms with E-state index in [-0.39, 0.29) is 0 Å². The zero-order valence-electron chi connectivity index (χ0n) is 9.94. The third-order valence-corrected chi connectivity index (χ3v) is 2.57. The van der Waals surface area contributed by atoms with Crippen molar-refractivity contribution >= 4 is 12.6 Å². The van der Waals surface area contributed by atoms with Gasteiger partial charge in [0.25, 0.3) is 0 Å². The van der Waals surface area contributed by atoms with Crippen molar-refractivity contribution in [1.82, 2.24) is 9.55 Å². The number of benzene rings is 1. The molecule has 2 rings (SSSR count). The van der Waals surface area contributed by atoms with Gasteiger partial charge in [0.05, 0.1) is 12.9 Å². The number of nitrogens with zero attached hydrogens (tertiary/aromatic N) is 2. The van der Waals surface area contributed by atoms with E-state index in [2.05, 4.69) is 4.98 Å². The van der Waals surface area contributed by atoms with E-state index < -0.39 is 7.12 Å². The highest BCUT2D eigenvalue weighted by Gasteiger charge is 2.09. The Morgan fingerprint density at radius 3 is 2.61 bits per heavy atom. The van der Waals surface area contributed by atoms with Crippen molar-refractivity contribution in [3.63, 3.8) is 0 Å². The summed E-state index contributed by atoms with van der Waals surface area (Å²) in [6.07, 6.45) is 6.33. The molecule has 0 aliphatic heterocycles. The molecule has 0 radical (unpaired) electrons. The molecule has 18 heavy (non-hydrogen) atoms. The van der Waals surface area contributed by atoms with Crippen LogP contribution in [0.4, 0.5) is 0 Å². The van der Waals surface area contributed by atoms with Crippen molar-refractivity contribution in [3.8, 4) is 5.75 Å². The molecular weight excluding hydrogens is 231 g/mol. The minimum atomic E-state index is -1.43. The lowest BCUT2D eigenvalue weighted by atomic mass is 9.80. The first-order valence-electron chi connectivity index (χ1n) is 5.80. The fourth-order valence-corrected chi connectivity index (χ4v) is 1.59. The third-order valence-electron chi connectivity index (χ3n) is 2.57. The Kier molecular flexibility index (Phi) is 4.38. The first-order chi connectivity index (χ1) is 8.75. The summed E-state index contributed by atoms with van der Waals surface area (Å²) in [6, 6.07) is 6.73. The maximum Gasteiger partial charge on any atom is 0.488 e. The highest BCUT2D eigenvalue weighted by atomic mass is 16.5. The van der Waals surface area contributed by atoms with E-state index in [1.807, 2.05) is 10.8 Å². The topological polar surface area (TPSA) is 67.5 Å². The van der Waals surface area contributed by atoms with Gasteiger partial charge in [0.1, 0.15) is 5.75 Å². The first kappa shape index (κ1) is 12.7. The summed E-state index contributed by atoms with van der Waals surface area (Å²) in [5.74, 6) is 0.727. The van der Waals surface area contributed by atoms with Crippen LogP contribution < -0.4 is 10.2 Å². The molecule has 0 bridgehead atoms. The van der Waals surface area contributed by atoms with E-state index in [1.54, 1.807) is 36.8 Å². The summed E-state index contributed by atoms with van der Waals surface area (Å²) >= 11 is 0. The fourth-order valence-electron chi connectivity index (χ4n) is 1.59. The van der Waals surface area contributed by atoms with Gasteiger partial charge in [-0.25, -0.2) is 4.98 Å². The van der Waals surface area contributed by atoms with Crippen molar-refractivity contribution in [2.24, 2.45) is 0 Å². The Morgan fingerprint density at radius 1 is 1.22 bits per heavy atom. The molecule has 1 heterocycles. The predicted octanol–water partition coefficient (Wildman–Crippen LogP) is 0.0320. The molecule has 0 atom stereocenters. The molecule has 0 saturated carbocycles. The molecule has 0 spiro atoms. The molecule has 94 valence electrons. The summed E-state index contributed by atoms with van der Waals surface area (Å²) in [4.78, 5) is 3.96. The Balaban J connectivity index is 1.73. The molecule has 0 unspecified atom stereocenters. The van der Waals surface area contributed by atoms with Gasteiger partial charge in [0, 0.05) is 18.9 Å². The van der Waals surface area contributed by atoms with Gasteiger partial charge in [-0.15, -0.1) is 0 Å². The molecule has 0 saturated heterocycles. The second kappa shape index (κ2) is 6.23. The van der Waals surface area contributed by atoms with Crippen molar-refractivity contribution < 1.29 is 14.8 Å². The van der Waals surface area contributed by atoms with E-state index in [0.29, 0.717) is 12.1 Å². The smallest absolute Gasteiger partial charge is 0.488 e. The molecule has 1 aromatic heterocycles. The van der Waals surface area contributed by atoms with E-state index in [1.165, 1.54) is 0 Å². The quantitative estimate of drug-likeness (QED) is 0.557. The van der Waals surface area contributed by atoms with Gasteiger partial charge in [-0.1, -0.05) is 12.1 Å². The van der Waals surface area contributed by atoms with Crippen LogP contribution in [-0.4, -0.2) is 33.3 Å². The number of imidazole rings is 1. The van der Waals surface area contributed by atoms with Crippen LogP contribution in [0.3, 0.4) is 0 Å². The summed E-state index contributed by atoms with van der Waals surface area (Å²) < 4.78 is 7.54. The van der Waals surface area contributed by atoms with Crippen LogP contribution in [0.15, 0.2) is 43.0 Å². The first-order valence-corrected chi connectivity index (χ1v) is 5.80. The van der Waals surface area contributed by atoms with Gasteiger partial charge in [-0.3, -0.25) is 0 Å². The minimum Gasteiger partial charge on any atom is -0.494 e. The average molecular weight is 246 g/mol. The highest BCUT2D eigenvalue weighted by molar-refractivity contribution is 6.58. The SMILES string of the molecule is OB(O)c1ccc(OCCCn2ccnc2)cc1. The Labute approximate surface area is 106 Å². The number of ether oxygens (including phenoxy) is 1. The standard InChI is InChI=1S/C12H15BN2O3/c16-13(17)11-2-4-12(5-3-11)18-9-1-7-15-8-6-14-10-15/h2-6,8,10,16-17H,1,7,9H2. The van der Waals surface area contributed by atoms with Gasteiger partial charge in [0.15, 0.2) is 0 Å². The van der Waals surface area contributed by atoms with E-state index in [0.717, 1.165) is 18.7 Å². The zero-order chi connectivity index (χ0) is 12.8. The molecule has 6 heteroatoms. The van der Waals surface area contributed by atoms with E-state index in [9.17, 15) is 0 Å². The molecule has 0 fully saturated rings. The van der Waals surface area contributed by atoms with E-state index in [4.69, 9.17) is 14.8 Å². The van der Waals surface area contributed by atoms with Crippen molar-refractivity contribution in [1.29, 1.82) is 0 Å². The predicted molar refractivity (Wildman–Crippen MR) is 68.6 cm³/mol. The molecule has 1 aromatic carbocycles. The number of aryl methyl sites for hydroxylation is 1. The summed E-state index contributed by atoms with van der Waals surface area (Å²) in [5, 5.41) is 17.9. The Hall–Kier alpha value is -1.79. The monoisotopic (exact) mass is 246 g/mol. The lowest BCUT2D eigenvalue weighted by Crippen LogP contribution is -2.29. The summed E-state index contributed by atoms with van der Waals surface area (Å²) in [5.41, 5.74) is 0.459. The molecule has 0 aliphatic carbocycles. The molecular formula is C12H15BN2O3. The molecule has 5 nitrogen and oxygen atoms in total. The van der Waals surface area contributed by atoms with Gasteiger partial charge in [-0.05, 0) is 24.0 Å². The van der Waals surface area contributed by atoms with Crippen LogP contribution in [-0.2, 0) is 6.54 Å². The number of aromatic nitrogens is 2. The maximum atomic E-state index is 8.94. The summed E-state index contributed by atoms with van der Waals surface area (Å²) in [7, 11) is -1.43. The van der Waals surface area contributed by atoms with Crippen LogP contribution in [0.1, 0.15) is 6.42 Å². The van der Waals surface area contributed by atoms with Crippen molar-refractivity contribution in [3.05, 3.63) is 43.0 Å².